The van der Waals surface area contributed by atoms with Gasteiger partial charge in [-0.25, -0.2) is 13.4 Å². The number of hydrogen-bond acceptors (Lipinski definition) is 6. The molecular weight excluding hydrogens is 460 g/mol. The number of allylic oxidation sites excluding steroid dienone is 1. The van der Waals surface area contributed by atoms with Gasteiger partial charge in [0.15, 0.2) is 9.84 Å². The third kappa shape index (κ3) is 3.68. The van der Waals surface area contributed by atoms with Crippen LogP contribution in [0, 0.1) is 6.92 Å². The fraction of sp³-hybridized carbons (Fsp3) is 0.296. The second kappa shape index (κ2) is 8.39. The van der Waals surface area contributed by atoms with Gasteiger partial charge in [-0.15, -0.1) is 0 Å². The summed E-state index contributed by atoms with van der Waals surface area (Å²) in [6.45, 7) is 3.85. The van der Waals surface area contributed by atoms with Crippen molar-refractivity contribution >= 4 is 21.4 Å². The molecule has 1 N–H and O–H groups in total. The second-order valence-corrected chi connectivity index (χ2v) is 11.6. The molecule has 1 unspecified atom stereocenters. The molecule has 6 rings (SSSR count). The SMILES string of the molecule is Cc1cccc2c1C(=O)N(C1=CCc3ncc(-c4ccc(S(=O)(=O)C5CCCNC5)cc4)nc31)C2. The summed E-state index contributed by atoms with van der Waals surface area (Å²) in [5, 5.41) is 2.79. The highest BCUT2D eigenvalue weighted by molar-refractivity contribution is 7.92. The normalized spacial score (nSPS) is 19.5. The molecule has 1 saturated heterocycles. The Morgan fingerprint density at radius 3 is 2.69 bits per heavy atom. The fourth-order valence-corrected chi connectivity index (χ4v) is 6.98. The lowest BCUT2D eigenvalue weighted by atomic mass is 10.0. The molecule has 1 amide bonds. The molecular formula is C27H26N4O3S. The van der Waals surface area contributed by atoms with Crippen LogP contribution in [0.3, 0.4) is 0 Å². The van der Waals surface area contributed by atoms with Gasteiger partial charge >= 0.3 is 0 Å². The van der Waals surface area contributed by atoms with Crippen molar-refractivity contribution in [2.24, 2.45) is 0 Å². The quantitative estimate of drug-likeness (QED) is 0.607. The minimum atomic E-state index is -3.38. The zero-order chi connectivity index (χ0) is 24.2. The van der Waals surface area contributed by atoms with E-state index >= 15 is 0 Å². The van der Waals surface area contributed by atoms with Crippen LogP contribution >= 0.6 is 0 Å². The highest BCUT2D eigenvalue weighted by atomic mass is 32.2. The number of carbonyl (C=O) groups is 1. The number of aryl methyl sites for hydroxylation is 1. The number of nitrogens with one attached hydrogen (secondary N) is 1. The van der Waals surface area contributed by atoms with Crippen LogP contribution in [0.25, 0.3) is 17.0 Å². The van der Waals surface area contributed by atoms with Crippen LogP contribution < -0.4 is 5.32 Å². The first-order valence-corrected chi connectivity index (χ1v) is 13.5. The first-order chi connectivity index (χ1) is 16.9. The smallest absolute Gasteiger partial charge is 0.259 e. The molecule has 2 aromatic carbocycles. The Kier molecular flexibility index (Phi) is 5.30. The lowest BCUT2D eigenvalue weighted by Gasteiger charge is -2.22. The van der Waals surface area contributed by atoms with Crippen LogP contribution in [0.5, 0.6) is 0 Å². The van der Waals surface area contributed by atoms with Gasteiger partial charge in [-0.2, -0.15) is 0 Å². The molecule has 3 aromatic rings. The van der Waals surface area contributed by atoms with E-state index in [4.69, 9.17) is 4.98 Å². The van der Waals surface area contributed by atoms with Crippen LogP contribution in [0.1, 0.15) is 45.7 Å². The maximum Gasteiger partial charge on any atom is 0.259 e. The molecule has 1 aliphatic carbocycles. The number of hydrogen-bond donors (Lipinski definition) is 1. The van der Waals surface area contributed by atoms with Crippen LogP contribution in [-0.2, 0) is 22.8 Å². The Labute approximate surface area is 204 Å². The monoisotopic (exact) mass is 486 g/mol. The van der Waals surface area contributed by atoms with E-state index in [2.05, 4.69) is 10.3 Å². The van der Waals surface area contributed by atoms with Crippen molar-refractivity contribution in [2.75, 3.05) is 13.1 Å². The first-order valence-electron chi connectivity index (χ1n) is 12.0. The van der Waals surface area contributed by atoms with Gasteiger partial charge in [0.05, 0.1) is 40.0 Å². The van der Waals surface area contributed by atoms with Crippen LogP contribution in [0.2, 0.25) is 0 Å². The molecule has 7 nitrogen and oxygen atoms in total. The average Bonchev–Trinajstić information content (AvgIpc) is 3.45. The fourth-order valence-electron chi connectivity index (χ4n) is 5.27. The average molecular weight is 487 g/mol. The third-order valence-electron chi connectivity index (χ3n) is 7.19. The summed E-state index contributed by atoms with van der Waals surface area (Å²) >= 11 is 0. The number of amides is 1. The molecule has 3 aliphatic rings. The third-order valence-corrected chi connectivity index (χ3v) is 9.40. The van der Waals surface area contributed by atoms with Crippen LogP contribution in [0.15, 0.2) is 59.6 Å². The van der Waals surface area contributed by atoms with Gasteiger partial charge in [0.2, 0.25) is 0 Å². The van der Waals surface area contributed by atoms with E-state index in [1.807, 2.05) is 31.2 Å². The maximum atomic E-state index is 13.2. The van der Waals surface area contributed by atoms with Gasteiger partial charge in [-0.1, -0.05) is 36.4 Å². The minimum absolute atomic E-state index is 0.00355. The number of aromatic nitrogens is 2. The highest BCUT2D eigenvalue weighted by Crippen LogP contribution is 2.36. The lowest BCUT2D eigenvalue weighted by Crippen LogP contribution is -2.38. The van der Waals surface area contributed by atoms with Gasteiger partial charge in [-0.3, -0.25) is 9.78 Å². The van der Waals surface area contributed by atoms with Crippen LogP contribution in [0.4, 0.5) is 0 Å². The number of piperidine rings is 1. The van der Waals surface area contributed by atoms with Gasteiger partial charge < -0.3 is 10.2 Å². The predicted molar refractivity (Wildman–Crippen MR) is 133 cm³/mol. The van der Waals surface area contributed by atoms with Crippen LogP contribution in [-0.4, -0.2) is 47.5 Å². The summed E-state index contributed by atoms with van der Waals surface area (Å²) in [4.78, 5) is 24.8. The topological polar surface area (TPSA) is 92.3 Å². The highest BCUT2D eigenvalue weighted by Gasteiger charge is 2.35. The van der Waals surface area contributed by atoms with Crippen molar-refractivity contribution in [3.63, 3.8) is 0 Å². The van der Waals surface area contributed by atoms with Crippen molar-refractivity contribution in [2.45, 2.75) is 42.9 Å². The summed E-state index contributed by atoms with van der Waals surface area (Å²) in [6.07, 6.45) is 5.91. The van der Waals surface area contributed by atoms with E-state index in [0.29, 0.717) is 42.2 Å². The summed E-state index contributed by atoms with van der Waals surface area (Å²) in [6, 6.07) is 12.8. The number of sulfone groups is 1. The zero-order valence-corrected chi connectivity index (χ0v) is 20.3. The molecule has 0 saturated carbocycles. The van der Waals surface area contributed by atoms with E-state index in [1.165, 1.54) is 0 Å². The number of benzene rings is 2. The molecule has 3 heterocycles. The maximum absolute atomic E-state index is 13.2. The number of carbonyl (C=O) groups excluding carboxylic acids is 1. The van der Waals surface area contributed by atoms with E-state index in [0.717, 1.165) is 46.6 Å². The molecule has 1 fully saturated rings. The van der Waals surface area contributed by atoms with E-state index in [1.54, 1.807) is 35.4 Å². The molecule has 2 aliphatic heterocycles. The Morgan fingerprint density at radius 1 is 1.11 bits per heavy atom. The van der Waals surface area contributed by atoms with E-state index in [9.17, 15) is 13.2 Å². The summed E-state index contributed by atoms with van der Waals surface area (Å²) in [5.41, 5.74) is 6.57. The minimum Gasteiger partial charge on any atom is -0.315 e. The molecule has 0 radical (unpaired) electrons. The molecule has 0 bridgehead atoms. The Balaban J connectivity index is 1.28. The second-order valence-electron chi connectivity index (χ2n) is 9.38. The zero-order valence-electron chi connectivity index (χ0n) is 19.5. The van der Waals surface area contributed by atoms with Crippen molar-refractivity contribution in [3.05, 3.63) is 82.8 Å². The number of fused-ring (bicyclic) bond motifs is 2. The predicted octanol–water partition coefficient (Wildman–Crippen LogP) is 3.53. The molecule has 1 atom stereocenters. The molecule has 35 heavy (non-hydrogen) atoms. The van der Waals surface area contributed by atoms with Gasteiger partial charge in [0, 0.05) is 24.1 Å². The van der Waals surface area contributed by atoms with Crippen molar-refractivity contribution < 1.29 is 13.2 Å². The van der Waals surface area contributed by atoms with Crippen molar-refractivity contribution in [1.29, 1.82) is 0 Å². The largest absolute Gasteiger partial charge is 0.315 e. The van der Waals surface area contributed by atoms with Crippen molar-refractivity contribution in [3.8, 4) is 11.3 Å². The summed E-state index contributed by atoms with van der Waals surface area (Å²) in [7, 11) is -3.38. The first kappa shape index (κ1) is 22.1. The lowest BCUT2D eigenvalue weighted by molar-refractivity contribution is 0.0854. The van der Waals surface area contributed by atoms with Gasteiger partial charge in [-0.05, 0) is 49.6 Å². The van der Waals surface area contributed by atoms with E-state index in [-0.39, 0.29) is 11.2 Å². The standard InChI is InChI=1S/C27H26N4O3S/c1-17-4-2-5-19-16-31(27(32)25(17)19)24-12-11-22-26(24)30-23(15-29-22)18-7-9-20(10-8-18)35(33,34)21-6-3-13-28-14-21/h2,4-5,7-10,12,15,21,28H,3,6,11,13-14,16H2,1H3. The van der Waals surface area contributed by atoms with Gasteiger partial charge in [0.1, 0.15) is 5.69 Å². The number of nitrogens with zero attached hydrogens (tertiary/aromatic N) is 3. The van der Waals surface area contributed by atoms with E-state index < -0.39 is 9.84 Å². The molecule has 8 heteroatoms. The summed E-state index contributed by atoms with van der Waals surface area (Å²) < 4.78 is 26.0. The van der Waals surface area contributed by atoms with Crippen molar-refractivity contribution in [1.82, 2.24) is 20.2 Å². The Morgan fingerprint density at radius 2 is 1.94 bits per heavy atom. The van der Waals surface area contributed by atoms with Gasteiger partial charge in [0.25, 0.3) is 5.91 Å². The molecule has 1 aromatic heterocycles. The Bertz CT molecular complexity index is 1470. The Hall–Kier alpha value is -3.36. The summed E-state index contributed by atoms with van der Waals surface area (Å²) in [5.74, 6) is -0.00355. The number of rotatable bonds is 4. The molecule has 0 spiro atoms. The molecule has 178 valence electrons.